The Labute approximate surface area is 265 Å². The summed E-state index contributed by atoms with van der Waals surface area (Å²) in [6.45, 7) is 6.23. The molecule has 16 heteroatoms. The van der Waals surface area contributed by atoms with Gasteiger partial charge in [0.15, 0.2) is 6.10 Å². The SMILES string of the molecule is CC(C)(C)C(=O)OCc1ccc(O[C@@H]2O[C@H](C(=O)O)[C@@H](O)[C@H](O)[C@H]2O)c(NC(=O)CCNC(=O)CCOCCN2CC=CC2=O)c1. The molecule has 46 heavy (non-hydrogen) atoms. The molecule has 2 heterocycles. The summed E-state index contributed by atoms with van der Waals surface area (Å²) in [7, 11) is 0. The topological polar surface area (TPSA) is 230 Å². The summed E-state index contributed by atoms with van der Waals surface area (Å²) in [5, 5.41) is 45.0. The lowest BCUT2D eigenvalue weighted by Gasteiger charge is -2.38. The smallest absolute Gasteiger partial charge is 0.335 e. The molecule has 0 radical (unpaired) electrons. The quantitative estimate of drug-likeness (QED) is 0.102. The van der Waals surface area contributed by atoms with Crippen molar-refractivity contribution in [2.75, 3.05) is 38.2 Å². The molecule has 1 aromatic rings. The van der Waals surface area contributed by atoms with Crippen molar-refractivity contribution in [2.45, 2.75) is 70.9 Å². The zero-order chi connectivity index (χ0) is 34.0. The standard InChI is InChI=1S/C30H41N3O13/c1-30(2,3)29(42)44-16-17-6-7-19(45-28-25(39)23(37)24(38)26(46-28)27(40)41)18(15-17)32-21(35)8-10-31-20(34)9-13-43-14-12-33-11-4-5-22(33)36/h4-7,15,23-26,28,37-39H,8-14,16H2,1-3H3,(H,31,34)(H,32,35)(H,40,41)/t23-,24-,25+,26-,28+/m0/s1. The minimum Gasteiger partial charge on any atom is -0.479 e. The lowest BCUT2D eigenvalue weighted by atomic mass is 9.97. The second kappa shape index (κ2) is 16.5. The van der Waals surface area contributed by atoms with Gasteiger partial charge in [-0.3, -0.25) is 19.2 Å². The maximum atomic E-state index is 12.8. The van der Waals surface area contributed by atoms with E-state index in [1.165, 1.54) is 24.3 Å². The van der Waals surface area contributed by atoms with Gasteiger partial charge >= 0.3 is 11.9 Å². The number of aliphatic carboxylic acids is 1. The van der Waals surface area contributed by atoms with E-state index in [0.29, 0.717) is 18.7 Å². The summed E-state index contributed by atoms with van der Waals surface area (Å²) < 4.78 is 21.6. The number of carboxylic acid groups (broad SMARTS) is 1. The van der Waals surface area contributed by atoms with Crippen LogP contribution in [0.5, 0.6) is 5.75 Å². The number of hydrogen-bond donors (Lipinski definition) is 6. The second-order valence-corrected chi connectivity index (χ2v) is 11.7. The molecule has 6 N–H and O–H groups in total. The highest BCUT2D eigenvalue weighted by Crippen LogP contribution is 2.31. The van der Waals surface area contributed by atoms with Gasteiger partial charge in [0, 0.05) is 38.6 Å². The summed E-state index contributed by atoms with van der Waals surface area (Å²) in [6, 6.07) is 4.29. The summed E-state index contributed by atoms with van der Waals surface area (Å²) in [6.07, 6.45) is -6.20. The van der Waals surface area contributed by atoms with Gasteiger partial charge in [-0.2, -0.15) is 0 Å². The number of carboxylic acids is 1. The van der Waals surface area contributed by atoms with Crippen LogP contribution in [-0.2, 0) is 44.8 Å². The number of nitrogens with zero attached hydrogens (tertiary/aromatic N) is 1. The number of hydrogen-bond acceptors (Lipinski definition) is 12. The van der Waals surface area contributed by atoms with Gasteiger partial charge in [-0.05, 0) is 38.5 Å². The van der Waals surface area contributed by atoms with Crippen molar-refractivity contribution < 1.29 is 63.3 Å². The molecule has 2 aliphatic rings. The molecule has 254 valence electrons. The number of anilines is 1. The van der Waals surface area contributed by atoms with Crippen LogP contribution in [-0.4, -0.2) is 119 Å². The number of benzene rings is 1. The second-order valence-electron chi connectivity index (χ2n) is 11.7. The van der Waals surface area contributed by atoms with E-state index in [1.807, 2.05) is 0 Å². The first-order valence-electron chi connectivity index (χ1n) is 14.7. The fraction of sp³-hybridized carbons (Fsp3) is 0.567. The highest BCUT2D eigenvalue weighted by Gasteiger charge is 2.48. The molecular formula is C30H41N3O13. The Hall–Kier alpha value is -4.09. The molecule has 1 saturated heterocycles. The van der Waals surface area contributed by atoms with Crippen LogP contribution >= 0.6 is 0 Å². The summed E-state index contributed by atoms with van der Waals surface area (Å²) in [5.41, 5.74) is -0.282. The van der Waals surface area contributed by atoms with Gasteiger partial charge in [-0.1, -0.05) is 12.1 Å². The van der Waals surface area contributed by atoms with Crippen molar-refractivity contribution >= 4 is 35.3 Å². The average Bonchev–Trinajstić information content (AvgIpc) is 3.40. The third-order valence-electron chi connectivity index (χ3n) is 6.91. The molecule has 0 saturated carbocycles. The zero-order valence-corrected chi connectivity index (χ0v) is 25.8. The van der Waals surface area contributed by atoms with Crippen LogP contribution in [0, 0.1) is 5.41 Å². The molecule has 0 aliphatic carbocycles. The van der Waals surface area contributed by atoms with E-state index in [1.54, 1.807) is 31.7 Å². The van der Waals surface area contributed by atoms with Gasteiger partial charge in [-0.25, -0.2) is 4.79 Å². The molecule has 0 bridgehead atoms. The molecule has 3 rings (SSSR count). The Balaban J connectivity index is 1.58. The highest BCUT2D eigenvalue weighted by molar-refractivity contribution is 5.93. The Morgan fingerprint density at radius 1 is 1.02 bits per heavy atom. The molecule has 0 spiro atoms. The van der Waals surface area contributed by atoms with Crippen molar-refractivity contribution in [1.29, 1.82) is 0 Å². The minimum absolute atomic E-state index is 0.0213. The number of aliphatic hydroxyl groups is 3. The first-order valence-corrected chi connectivity index (χ1v) is 14.7. The van der Waals surface area contributed by atoms with Gasteiger partial charge < -0.3 is 54.9 Å². The van der Waals surface area contributed by atoms with Crippen LogP contribution < -0.4 is 15.4 Å². The zero-order valence-electron chi connectivity index (χ0n) is 25.8. The molecule has 16 nitrogen and oxygen atoms in total. The molecule has 1 fully saturated rings. The molecule has 0 unspecified atom stereocenters. The molecular weight excluding hydrogens is 610 g/mol. The van der Waals surface area contributed by atoms with Crippen molar-refractivity contribution in [2.24, 2.45) is 5.41 Å². The van der Waals surface area contributed by atoms with Crippen LogP contribution in [0.2, 0.25) is 0 Å². The monoisotopic (exact) mass is 651 g/mol. The first kappa shape index (κ1) is 36.4. The summed E-state index contributed by atoms with van der Waals surface area (Å²) >= 11 is 0. The normalized spacial score (nSPS) is 22.8. The summed E-state index contributed by atoms with van der Waals surface area (Å²) in [4.78, 5) is 61.8. The van der Waals surface area contributed by atoms with Crippen LogP contribution in [0.4, 0.5) is 5.69 Å². The predicted molar refractivity (Wildman–Crippen MR) is 158 cm³/mol. The lowest BCUT2D eigenvalue weighted by molar-refractivity contribution is -0.271. The Kier molecular flexibility index (Phi) is 13.0. The van der Waals surface area contributed by atoms with Gasteiger partial charge in [0.05, 0.1) is 24.3 Å². The predicted octanol–water partition coefficient (Wildman–Crippen LogP) is -0.703. The van der Waals surface area contributed by atoms with Gasteiger partial charge in [0.25, 0.3) is 0 Å². The lowest BCUT2D eigenvalue weighted by Crippen LogP contribution is -2.61. The van der Waals surface area contributed by atoms with E-state index in [0.717, 1.165) is 0 Å². The molecule has 3 amide bonds. The molecule has 1 aromatic carbocycles. The number of esters is 1. The van der Waals surface area contributed by atoms with E-state index in [-0.39, 0.29) is 62.5 Å². The fourth-order valence-electron chi connectivity index (χ4n) is 4.24. The summed E-state index contributed by atoms with van der Waals surface area (Å²) in [5.74, 6) is -3.15. The number of aliphatic hydroxyl groups excluding tert-OH is 3. The third kappa shape index (κ3) is 10.5. The number of rotatable bonds is 15. The number of ether oxygens (including phenoxy) is 4. The maximum absolute atomic E-state index is 12.8. The number of amides is 3. The van der Waals surface area contributed by atoms with E-state index in [2.05, 4.69) is 10.6 Å². The van der Waals surface area contributed by atoms with Crippen molar-refractivity contribution in [3.63, 3.8) is 0 Å². The largest absolute Gasteiger partial charge is 0.479 e. The van der Waals surface area contributed by atoms with Crippen LogP contribution in [0.1, 0.15) is 39.2 Å². The number of carbonyl (C=O) groups excluding carboxylic acids is 4. The van der Waals surface area contributed by atoms with E-state index < -0.39 is 54.0 Å². The van der Waals surface area contributed by atoms with E-state index >= 15 is 0 Å². The van der Waals surface area contributed by atoms with Gasteiger partial charge in [-0.15, -0.1) is 0 Å². The van der Waals surface area contributed by atoms with Gasteiger partial charge in [0.1, 0.15) is 30.7 Å². The molecule has 5 atom stereocenters. The van der Waals surface area contributed by atoms with Crippen LogP contribution in [0.25, 0.3) is 0 Å². The number of nitrogens with one attached hydrogen (secondary N) is 2. The van der Waals surface area contributed by atoms with Crippen molar-refractivity contribution in [3.8, 4) is 5.75 Å². The van der Waals surface area contributed by atoms with E-state index in [4.69, 9.17) is 18.9 Å². The minimum atomic E-state index is -1.92. The van der Waals surface area contributed by atoms with Crippen LogP contribution in [0.15, 0.2) is 30.4 Å². The highest BCUT2D eigenvalue weighted by atomic mass is 16.7. The molecule has 2 aliphatic heterocycles. The number of carbonyl (C=O) groups is 5. The van der Waals surface area contributed by atoms with Crippen molar-refractivity contribution in [3.05, 3.63) is 35.9 Å². The molecule has 0 aromatic heterocycles. The Bertz CT molecular complexity index is 1300. The Morgan fingerprint density at radius 3 is 2.41 bits per heavy atom. The van der Waals surface area contributed by atoms with Crippen LogP contribution in [0.3, 0.4) is 0 Å². The average molecular weight is 652 g/mol. The van der Waals surface area contributed by atoms with E-state index in [9.17, 15) is 44.4 Å². The van der Waals surface area contributed by atoms with Gasteiger partial charge in [0.2, 0.25) is 24.0 Å². The third-order valence-corrected chi connectivity index (χ3v) is 6.91. The first-order chi connectivity index (χ1) is 21.7. The Morgan fingerprint density at radius 2 is 1.76 bits per heavy atom. The fourth-order valence-corrected chi connectivity index (χ4v) is 4.24. The van der Waals surface area contributed by atoms with Crippen molar-refractivity contribution in [1.82, 2.24) is 10.2 Å². The maximum Gasteiger partial charge on any atom is 0.335 e.